The average Bonchev–Trinajstić information content (AvgIpc) is 2.38. The van der Waals surface area contributed by atoms with Crippen LogP contribution in [0.4, 0.5) is 11.4 Å². The third-order valence-electron chi connectivity index (χ3n) is 2.87. The summed E-state index contributed by atoms with van der Waals surface area (Å²) in [7, 11) is 0. The average molecular weight is 283 g/mol. The summed E-state index contributed by atoms with van der Waals surface area (Å²) < 4.78 is 0. The Hall–Kier alpha value is -2.06. The monoisotopic (exact) mass is 283 g/mol. The fourth-order valence-electron chi connectivity index (χ4n) is 1.98. The van der Waals surface area contributed by atoms with Crippen LogP contribution in [0.1, 0.15) is 31.9 Å². The molecular weight excluding hydrogens is 266 g/mol. The fraction of sp³-hybridized carbons (Fsp3) is 0.500. The quantitative estimate of drug-likeness (QED) is 0.583. The van der Waals surface area contributed by atoms with Crippen molar-refractivity contribution in [3.63, 3.8) is 0 Å². The smallest absolute Gasteiger partial charge is 0.281 e. The van der Waals surface area contributed by atoms with Crippen LogP contribution in [0.2, 0.25) is 0 Å². The molecule has 20 heavy (non-hydrogen) atoms. The first kappa shape index (κ1) is 16.0. The standard InChI is InChI=1S/C12H17N3O5/c1-3-9(13-7-8(2)16)12-10(14(17)18)5-4-6-11(12)15(19)20/h4-6,8-9,13,16H,3,7H2,1-2H3. The zero-order valence-electron chi connectivity index (χ0n) is 11.3. The zero-order chi connectivity index (χ0) is 15.3. The Bertz CT molecular complexity index is 472. The minimum atomic E-state index is -0.647. The normalized spacial score (nSPS) is 13.8. The van der Waals surface area contributed by atoms with Crippen molar-refractivity contribution < 1.29 is 15.0 Å². The van der Waals surface area contributed by atoms with Gasteiger partial charge in [0.05, 0.1) is 16.0 Å². The fourth-order valence-corrected chi connectivity index (χ4v) is 1.98. The molecule has 0 spiro atoms. The Balaban J connectivity index is 3.29. The van der Waals surface area contributed by atoms with Crippen molar-refractivity contribution in [3.8, 4) is 0 Å². The van der Waals surface area contributed by atoms with Gasteiger partial charge in [0.2, 0.25) is 0 Å². The van der Waals surface area contributed by atoms with Crippen LogP contribution in [0.5, 0.6) is 0 Å². The Kier molecular flexibility index (Phi) is 5.53. The van der Waals surface area contributed by atoms with E-state index in [1.807, 2.05) is 0 Å². The van der Waals surface area contributed by atoms with Crippen LogP contribution in [-0.2, 0) is 0 Å². The summed E-state index contributed by atoms with van der Waals surface area (Å²) in [5.41, 5.74) is -0.529. The van der Waals surface area contributed by atoms with Gasteiger partial charge in [-0.25, -0.2) is 0 Å². The molecule has 0 aliphatic rings. The summed E-state index contributed by atoms with van der Waals surface area (Å²) in [5.74, 6) is 0. The summed E-state index contributed by atoms with van der Waals surface area (Å²) >= 11 is 0. The van der Waals surface area contributed by atoms with Gasteiger partial charge < -0.3 is 10.4 Å². The molecule has 1 aromatic carbocycles. The molecule has 0 radical (unpaired) electrons. The van der Waals surface area contributed by atoms with Gasteiger partial charge in [0.1, 0.15) is 5.56 Å². The molecule has 2 unspecified atom stereocenters. The topological polar surface area (TPSA) is 119 Å². The lowest BCUT2D eigenvalue weighted by Gasteiger charge is -2.18. The van der Waals surface area contributed by atoms with Crippen LogP contribution in [0.15, 0.2) is 18.2 Å². The van der Waals surface area contributed by atoms with E-state index in [0.717, 1.165) is 0 Å². The maximum atomic E-state index is 11.1. The lowest BCUT2D eigenvalue weighted by Crippen LogP contribution is -2.29. The molecule has 1 rings (SSSR count). The largest absolute Gasteiger partial charge is 0.392 e. The molecule has 0 saturated heterocycles. The number of aliphatic hydroxyl groups excluding tert-OH is 1. The summed E-state index contributed by atoms with van der Waals surface area (Å²) in [6.45, 7) is 3.52. The first-order valence-corrected chi connectivity index (χ1v) is 6.21. The van der Waals surface area contributed by atoms with Gasteiger partial charge in [-0.2, -0.15) is 0 Å². The van der Waals surface area contributed by atoms with E-state index >= 15 is 0 Å². The molecular formula is C12H17N3O5. The molecule has 0 aliphatic carbocycles. The maximum Gasteiger partial charge on any atom is 0.281 e. The van der Waals surface area contributed by atoms with Gasteiger partial charge in [0.25, 0.3) is 11.4 Å². The van der Waals surface area contributed by atoms with Crippen LogP contribution in [0.25, 0.3) is 0 Å². The van der Waals surface area contributed by atoms with E-state index in [1.165, 1.54) is 18.2 Å². The van der Waals surface area contributed by atoms with Crippen molar-refractivity contribution >= 4 is 11.4 Å². The molecule has 0 bridgehead atoms. The second-order valence-electron chi connectivity index (χ2n) is 4.44. The van der Waals surface area contributed by atoms with Gasteiger partial charge in [-0.3, -0.25) is 20.2 Å². The molecule has 0 fully saturated rings. The van der Waals surface area contributed by atoms with Gasteiger partial charge in [-0.1, -0.05) is 6.92 Å². The highest BCUT2D eigenvalue weighted by Gasteiger charge is 2.30. The summed E-state index contributed by atoms with van der Waals surface area (Å²) in [4.78, 5) is 20.9. The predicted molar refractivity (Wildman–Crippen MR) is 72.5 cm³/mol. The molecule has 1 aromatic rings. The Morgan fingerprint density at radius 2 is 1.75 bits per heavy atom. The van der Waals surface area contributed by atoms with Crippen LogP contribution in [0, 0.1) is 20.2 Å². The van der Waals surface area contributed by atoms with E-state index in [0.29, 0.717) is 6.42 Å². The van der Waals surface area contributed by atoms with Crippen molar-refractivity contribution in [1.29, 1.82) is 0 Å². The van der Waals surface area contributed by atoms with E-state index in [-0.39, 0.29) is 23.5 Å². The van der Waals surface area contributed by atoms with Gasteiger partial charge in [-0.05, 0) is 19.4 Å². The molecule has 0 aromatic heterocycles. The molecule has 0 heterocycles. The number of nitrogens with zero attached hydrogens (tertiary/aromatic N) is 2. The molecule has 8 nitrogen and oxygen atoms in total. The van der Waals surface area contributed by atoms with Crippen LogP contribution >= 0.6 is 0 Å². The SMILES string of the molecule is CCC(NCC(C)O)c1c([N+](=O)[O-])cccc1[N+](=O)[O-]. The van der Waals surface area contributed by atoms with Crippen LogP contribution < -0.4 is 5.32 Å². The van der Waals surface area contributed by atoms with E-state index in [9.17, 15) is 25.3 Å². The van der Waals surface area contributed by atoms with Crippen LogP contribution in [-0.4, -0.2) is 27.6 Å². The lowest BCUT2D eigenvalue weighted by molar-refractivity contribution is -0.396. The minimum absolute atomic E-state index is 0.0469. The molecule has 2 atom stereocenters. The summed E-state index contributed by atoms with van der Waals surface area (Å²) in [6.07, 6.45) is -0.218. The third kappa shape index (κ3) is 3.72. The van der Waals surface area contributed by atoms with E-state index in [2.05, 4.69) is 5.32 Å². The highest BCUT2D eigenvalue weighted by molar-refractivity contribution is 5.55. The number of nitro groups is 2. The van der Waals surface area contributed by atoms with Crippen molar-refractivity contribution in [2.45, 2.75) is 32.4 Å². The first-order valence-electron chi connectivity index (χ1n) is 6.21. The highest BCUT2D eigenvalue weighted by Crippen LogP contribution is 2.35. The van der Waals surface area contributed by atoms with E-state index in [1.54, 1.807) is 13.8 Å². The van der Waals surface area contributed by atoms with Gasteiger partial charge in [0, 0.05) is 24.7 Å². The number of hydrogen-bond acceptors (Lipinski definition) is 6. The summed E-state index contributed by atoms with van der Waals surface area (Å²) in [6, 6.07) is 3.22. The van der Waals surface area contributed by atoms with Gasteiger partial charge >= 0.3 is 0 Å². The molecule has 110 valence electrons. The number of hydrogen-bond donors (Lipinski definition) is 2. The van der Waals surface area contributed by atoms with Gasteiger partial charge in [-0.15, -0.1) is 0 Å². The number of benzene rings is 1. The number of nitrogens with one attached hydrogen (secondary N) is 1. The van der Waals surface area contributed by atoms with E-state index < -0.39 is 22.0 Å². The van der Waals surface area contributed by atoms with Crippen LogP contribution in [0.3, 0.4) is 0 Å². The molecule has 0 saturated carbocycles. The highest BCUT2D eigenvalue weighted by atomic mass is 16.6. The summed E-state index contributed by atoms with van der Waals surface area (Å²) in [5, 5.41) is 34.3. The second kappa shape index (κ2) is 6.92. The third-order valence-corrected chi connectivity index (χ3v) is 2.87. The Labute approximate surface area is 115 Å². The molecule has 0 amide bonds. The lowest BCUT2D eigenvalue weighted by atomic mass is 10.00. The number of nitro benzene ring substituents is 2. The second-order valence-corrected chi connectivity index (χ2v) is 4.44. The maximum absolute atomic E-state index is 11.1. The van der Waals surface area contributed by atoms with Crippen molar-refractivity contribution in [2.75, 3.05) is 6.54 Å². The van der Waals surface area contributed by atoms with E-state index in [4.69, 9.17) is 0 Å². The van der Waals surface area contributed by atoms with Crippen molar-refractivity contribution in [2.24, 2.45) is 0 Å². The molecule has 2 N–H and O–H groups in total. The van der Waals surface area contributed by atoms with Crippen molar-refractivity contribution in [3.05, 3.63) is 44.0 Å². The number of rotatable bonds is 7. The molecule has 8 heteroatoms. The number of aliphatic hydroxyl groups is 1. The minimum Gasteiger partial charge on any atom is -0.392 e. The Morgan fingerprint density at radius 3 is 2.10 bits per heavy atom. The first-order chi connectivity index (χ1) is 9.38. The van der Waals surface area contributed by atoms with Crippen molar-refractivity contribution in [1.82, 2.24) is 5.32 Å². The molecule has 0 aliphatic heterocycles. The Morgan fingerprint density at radius 1 is 1.25 bits per heavy atom. The predicted octanol–water partition coefficient (Wildman–Crippen LogP) is 1.92. The van der Waals surface area contributed by atoms with Gasteiger partial charge in [0.15, 0.2) is 0 Å². The zero-order valence-corrected chi connectivity index (χ0v) is 11.3.